The smallest absolute Gasteiger partial charge is 0.225 e. The van der Waals surface area contributed by atoms with Gasteiger partial charge in [-0.1, -0.05) is 26.2 Å². The number of β-amino-alcohol motifs (C(OH)–C–C–N with tert-alkyl or cyclic N) is 1. The first kappa shape index (κ1) is 10.9. The highest BCUT2D eigenvalue weighted by Gasteiger charge is 2.35. The summed E-state index contributed by atoms with van der Waals surface area (Å²) in [5.74, 6) is 0.134. The molecule has 1 aliphatic carbocycles. The van der Waals surface area contributed by atoms with Crippen molar-refractivity contribution in [1.29, 1.82) is 0 Å². The van der Waals surface area contributed by atoms with Crippen molar-refractivity contribution in [3.05, 3.63) is 0 Å². The summed E-state index contributed by atoms with van der Waals surface area (Å²) in [4.78, 5) is 13.4. The Morgan fingerprint density at radius 3 is 2.60 bits per heavy atom. The lowest BCUT2D eigenvalue weighted by Gasteiger charge is -2.36. The Kier molecular flexibility index (Phi) is 3.01. The summed E-state index contributed by atoms with van der Waals surface area (Å²) < 4.78 is 0. The third kappa shape index (κ3) is 2.51. The summed E-state index contributed by atoms with van der Waals surface area (Å²) in [5, 5.41) is 9.42. The Morgan fingerprint density at radius 1 is 1.40 bits per heavy atom. The summed E-state index contributed by atoms with van der Waals surface area (Å²) in [6, 6.07) is 0. The first-order valence-corrected chi connectivity index (χ1v) is 6.05. The monoisotopic (exact) mass is 211 g/mol. The zero-order valence-corrected chi connectivity index (χ0v) is 9.54. The van der Waals surface area contributed by atoms with Crippen LogP contribution in [0.4, 0.5) is 0 Å². The lowest BCUT2D eigenvalue weighted by atomic mass is 9.75. The van der Waals surface area contributed by atoms with Crippen LogP contribution in [0.25, 0.3) is 0 Å². The second-order valence-electron chi connectivity index (χ2n) is 5.50. The van der Waals surface area contributed by atoms with Crippen molar-refractivity contribution in [2.45, 2.75) is 51.6 Å². The van der Waals surface area contributed by atoms with Crippen LogP contribution in [0.3, 0.4) is 0 Å². The molecule has 1 saturated heterocycles. The predicted octanol–water partition coefficient (Wildman–Crippen LogP) is 1.55. The normalized spacial score (nSPS) is 30.9. The number of carbonyl (C=O) groups is 1. The Hall–Kier alpha value is -0.570. The maximum absolute atomic E-state index is 11.6. The molecule has 3 heteroatoms. The first-order chi connectivity index (χ1) is 7.09. The fourth-order valence-corrected chi connectivity index (χ4v) is 2.93. The summed E-state index contributed by atoms with van der Waals surface area (Å²) in [6.07, 6.45) is 6.29. The van der Waals surface area contributed by atoms with E-state index in [4.69, 9.17) is 0 Å². The molecule has 2 rings (SSSR count). The lowest BCUT2D eigenvalue weighted by molar-refractivity contribution is -0.129. The van der Waals surface area contributed by atoms with Gasteiger partial charge in [-0.15, -0.1) is 0 Å². The van der Waals surface area contributed by atoms with Crippen LogP contribution in [0.15, 0.2) is 0 Å². The fraction of sp³-hybridized carbons (Fsp3) is 0.917. The molecule has 0 aromatic carbocycles. The van der Waals surface area contributed by atoms with Crippen molar-refractivity contribution in [2.24, 2.45) is 5.41 Å². The molecular formula is C12H21NO2. The van der Waals surface area contributed by atoms with Crippen LogP contribution in [0.1, 0.15) is 45.4 Å². The molecule has 1 unspecified atom stereocenters. The van der Waals surface area contributed by atoms with E-state index in [1.165, 1.54) is 32.1 Å². The molecule has 3 nitrogen and oxygen atoms in total. The SMILES string of the molecule is CC1(CN2CC(O)CC2=O)CCCCC1. The molecule has 1 amide bonds. The number of rotatable bonds is 2. The van der Waals surface area contributed by atoms with E-state index in [0.717, 1.165) is 6.54 Å². The lowest BCUT2D eigenvalue weighted by Crippen LogP contribution is -2.38. The van der Waals surface area contributed by atoms with Crippen LogP contribution in [0.2, 0.25) is 0 Å². The van der Waals surface area contributed by atoms with Crippen LogP contribution in [0, 0.1) is 5.41 Å². The van der Waals surface area contributed by atoms with E-state index in [2.05, 4.69) is 6.92 Å². The number of carbonyl (C=O) groups excluding carboxylic acids is 1. The summed E-state index contributed by atoms with van der Waals surface area (Å²) in [7, 11) is 0. The van der Waals surface area contributed by atoms with Gasteiger partial charge in [0.15, 0.2) is 0 Å². The standard InChI is InChI=1S/C12H21NO2/c1-12(5-3-2-4-6-12)9-13-8-10(14)7-11(13)15/h10,14H,2-9H2,1H3. The molecule has 0 aromatic heterocycles. The van der Waals surface area contributed by atoms with Crippen molar-refractivity contribution >= 4 is 5.91 Å². The van der Waals surface area contributed by atoms with E-state index < -0.39 is 6.10 Å². The molecule has 1 heterocycles. The molecule has 0 radical (unpaired) electrons. The molecule has 2 aliphatic rings. The van der Waals surface area contributed by atoms with Gasteiger partial charge < -0.3 is 10.0 Å². The van der Waals surface area contributed by atoms with Crippen molar-refractivity contribution in [2.75, 3.05) is 13.1 Å². The summed E-state index contributed by atoms with van der Waals surface area (Å²) in [5.41, 5.74) is 0.304. The quantitative estimate of drug-likeness (QED) is 0.753. The molecule has 2 fully saturated rings. The minimum Gasteiger partial charge on any atom is -0.391 e. The van der Waals surface area contributed by atoms with Crippen LogP contribution >= 0.6 is 0 Å². The molecule has 1 N–H and O–H groups in total. The van der Waals surface area contributed by atoms with Crippen LogP contribution in [0.5, 0.6) is 0 Å². The van der Waals surface area contributed by atoms with Gasteiger partial charge in [-0.3, -0.25) is 4.79 Å². The van der Waals surface area contributed by atoms with Gasteiger partial charge >= 0.3 is 0 Å². The van der Waals surface area contributed by atoms with E-state index >= 15 is 0 Å². The van der Waals surface area contributed by atoms with Crippen molar-refractivity contribution < 1.29 is 9.90 Å². The summed E-state index contributed by atoms with van der Waals surface area (Å²) in [6.45, 7) is 3.68. The Labute approximate surface area is 91.5 Å². The maximum atomic E-state index is 11.6. The highest BCUT2D eigenvalue weighted by atomic mass is 16.3. The molecule has 1 atom stereocenters. The predicted molar refractivity (Wildman–Crippen MR) is 58.4 cm³/mol. The van der Waals surface area contributed by atoms with Gasteiger partial charge in [0, 0.05) is 13.1 Å². The number of nitrogens with zero attached hydrogens (tertiary/aromatic N) is 1. The van der Waals surface area contributed by atoms with E-state index in [-0.39, 0.29) is 5.91 Å². The van der Waals surface area contributed by atoms with E-state index in [0.29, 0.717) is 18.4 Å². The minimum absolute atomic E-state index is 0.134. The van der Waals surface area contributed by atoms with Gasteiger partial charge in [0.05, 0.1) is 12.5 Å². The number of amides is 1. The Morgan fingerprint density at radius 2 is 2.07 bits per heavy atom. The largest absolute Gasteiger partial charge is 0.391 e. The minimum atomic E-state index is -0.426. The Balaban J connectivity index is 1.92. The van der Waals surface area contributed by atoms with Crippen molar-refractivity contribution in [3.8, 4) is 0 Å². The second-order valence-corrected chi connectivity index (χ2v) is 5.50. The van der Waals surface area contributed by atoms with Gasteiger partial charge in [-0.2, -0.15) is 0 Å². The first-order valence-electron chi connectivity index (χ1n) is 6.05. The second kappa shape index (κ2) is 4.12. The van der Waals surface area contributed by atoms with Crippen molar-refractivity contribution in [1.82, 2.24) is 4.90 Å². The topological polar surface area (TPSA) is 40.5 Å². The van der Waals surface area contributed by atoms with Crippen LogP contribution in [-0.2, 0) is 4.79 Å². The molecule has 0 spiro atoms. The van der Waals surface area contributed by atoms with E-state index in [1.807, 2.05) is 4.90 Å². The zero-order valence-electron chi connectivity index (χ0n) is 9.54. The van der Waals surface area contributed by atoms with Crippen molar-refractivity contribution in [3.63, 3.8) is 0 Å². The van der Waals surface area contributed by atoms with E-state index in [9.17, 15) is 9.90 Å². The highest BCUT2D eigenvalue weighted by molar-refractivity contribution is 5.79. The van der Waals surface area contributed by atoms with Gasteiger partial charge in [0.25, 0.3) is 0 Å². The average molecular weight is 211 g/mol. The summed E-state index contributed by atoms with van der Waals surface area (Å²) >= 11 is 0. The van der Waals surface area contributed by atoms with E-state index in [1.54, 1.807) is 0 Å². The number of hydrogen-bond donors (Lipinski definition) is 1. The molecular weight excluding hydrogens is 190 g/mol. The van der Waals surface area contributed by atoms with Gasteiger partial charge in [-0.25, -0.2) is 0 Å². The molecule has 0 aromatic rings. The fourth-order valence-electron chi connectivity index (χ4n) is 2.93. The van der Waals surface area contributed by atoms with Gasteiger partial charge in [0.2, 0.25) is 5.91 Å². The Bertz CT molecular complexity index is 246. The highest BCUT2D eigenvalue weighted by Crippen LogP contribution is 2.37. The molecule has 0 bridgehead atoms. The molecule has 1 aliphatic heterocycles. The molecule has 1 saturated carbocycles. The van der Waals surface area contributed by atoms with Crippen LogP contribution in [-0.4, -0.2) is 35.1 Å². The van der Waals surface area contributed by atoms with Gasteiger partial charge in [-0.05, 0) is 18.3 Å². The third-order valence-electron chi connectivity index (χ3n) is 3.83. The zero-order chi connectivity index (χ0) is 10.9. The number of aliphatic hydroxyl groups excluding tert-OH is 1. The number of aliphatic hydroxyl groups is 1. The van der Waals surface area contributed by atoms with Crippen LogP contribution < -0.4 is 0 Å². The molecule has 86 valence electrons. The number of likely N-dealkylation sites (tertiary alicyclic amines) is 1. The maximum Gasteiger partial charge on any atom is 0.225 e. The molecule has 15 heavy (non-hydrogen) atoms. The third-order valence-corrected chi connectivity index (χ3v) is 3.83. The van der Waals surface area contributed by atoms with Gasteiger partial charge in [0.1, 0.15) is 0 Å². The number of hydrogen-bond acceptors (Lipinski definition) is 2. The average Bonchev–Trinajstić information content (AvgIpc) is 2.45.